The van der Waals surface area contributed by atoms with E-state index in [-0.39, 0.29) is 0 Å². The third kappa shape index (κ3) is 7.03. The zero-order valence-corrected chi connectivity index (χ0v) is 23.2. The first kappa shape index (κ1) is 27.3. The zero-order valence-electron chi connectivity index (χ0n) is 21.7. The summed E-state index contributed by atoms with van der Waals surface area (Å²) < 4.78 is 5.24. The number of carboxylic acids is 1. The molecule has 198 valence electrons. The Balaban J connectivity index is 1.40. The van der Waals surface area contributed by atoms with Gasteiger partial charge in [-0.05, 0) is 57.2 Å². The number of hydrogen-bond acceptors (Lipinski definition) is 3. The van der Waals surface area contributed by atoms with Crippen LogP contribution >= 0.6 is 23.4 Å². The highest BCUT2D eigenvalue weighted by molar-refractivity contribution is 7.99. The van der Waals surface area contributed by atoms with E-state index >= 15 is 0 Å². The molecule has 5 rings (SSSR count). The van der Waals surface area contributed by atoms with Crippen LogP contribution < -0.4 is 4.74 Å². The lowest BCUT2D eigenvalue weighted by atomic mass is 9.94. The fourth-order valence-electron chi connectivity index (χ4n) is 4.40. The van der Waals surface area contributed by atoms with Crippen molar-refractivity contribution in [1.29, 1.82) is 0 Å². The average Bonchev–Trinajstić information content (AvgIpc) is 3.00. The zero-order chi connectivity index (χ0) is 27.7. The lowest BCUT2D eigenvalue weighted by Gasteiger charge is -2.12. The van der Waals surface area contributed by atoms with Crippen molar-refractivity contribution in [3.8, 4) is 28.0 Å². The molecule has 3 nitrogen and oxygen atoms in total. The predicted molar refractivity (Wildman–Crippen MR) is 166 cm³/mol. The van der Waals surface area contributed by atoms with Crippen LogP contribution in [-0.4, -0.2) is 23.4 Å². The van der Waals surface area contributed by atoms with E-state index < -0.39 is 12.6 Å². The maximum absolute atomic E-state index is 10.8. The van der Waals surface area contributed by atoms with E-state index in [1.54, 1.807) is 23.9 Å². The fraction of sp³-hybridized carbons (Fsp3) is 0.0571. The molecule has 5 heteroatoms. The summed E-state index contributed by atoms with van der Waals surface area (Å²) in [6.07, 6.45) is 2.24. The summed E-state index contributed by atoms with van der Waals surface area (Å²) in [5.41, 5.74) is 8.17. The van der Waals surface area contributed by atoms with Crippen LogP contribution in [0, 0.1) is 0 Å². The van der Waals surface area contributed by atoms with Crippen molar-refractivity contribution in [2.75, 3.05) is 12.4 Å². The minimum atomic E-state index is -1.04. The van der Waals surface area contributed by atoms with Crippen LogP contribution in [0.1, 0.15) is 11.1 Å². The molecule has 0 aliphatic heterocycles. The summed E-state index contributed by atoms with van der Waals surface area (Å²) in [5, 5.41) is 9.24. The lowest BCUT2D eigenvalue weighted by molar-refractivity contribution is -0.139. The number of rotatable bonds is 10. The number of carbonyl (C=O) groups is 1. The minimum absolute atomic E-state index is 0.363. The van der Waals surface area contributed by atoms with Crippen LogP contribution in [0.4, 0.5) is 0 Å². The Bertz CT molecular complexity index is 1510. The van der Waals surface area contributed by atoms with Crippen LogP contribution in [0.5, 0.6) is 5.75 Å². The van der Waals surface area contributed by atoms with E-state index in [9.17, 15) is 4.79 Å². The van der Waals surface area contributed by atoms with E-state index in [0.717, 1.165) is 27.3 Å². The molecular formula is C35H27ClO3S. The van der Waals surface area contributed by atoms with E-state index in [0.29, 0.717) is 10.8 Å². The number of thioether (sulfide) groups is 1. The number of benzene rings is 5. The summed E-state index contributed by atoms with van der Waals surface area (Å²) in [6.45, 7) is -0.426. The number of aliphatic carboxylic acids is 1. The van der Waals surface area contributed by atoms with Crippen molar-refractivity contribution in [2.24, 2.45) is 0 Å². The van der Waals surface area contributed by atoms with Gasteiger partial charge in [-0.3, -0.25) is 0 Å². The first-order chi connectivity index (χ1) is 19.6. The summed E-state index contributed by atoms with van der Waals surface area (Å²) >= 11 is 7.98. The van der Waals surface area contributed by atoms with E-state index in [1.807, 2.05) is 18.2 Å². The van der Waals surface area contributed by atoms with Gasteiger partial charge in [0.25, 0.3) is 0 Å². The first-order valence-corrected chi connectivity index (χ1v) is 14.2. The SMILES string of the molecule is O=C(O)COc1ccc(SCC=C(c2ccc(-c3ccccc3)cc2)c2ccc(-c3ccccc3)cc2)cc1Cl. The Morgan fingerprint density at radius 1 is 0.700 bits per heavy atom. The van der Waals surface area contributed by atoms with Crippen molar-refractivity contribution in [3.63, 3.8) is 0 Å². The normalized spacial score (nSPS) is 10.6. The molecule has 5 aromatic carbocycles. The third-order valence-electron chi connectivity index (χ3n) is 6.40. The second-order valence-corrected chi connectivity index (χ2v) is 10.6. The van der Waals surface area contributed by atoms with Gasteiger partial charge in [-0.2, -0.15) is 0 Å². The Morgan fingerprint density at radius 2 is 1.20 bits per heavy atom. The molecule has 0 radical (unpaired) electrons. The third-order valence-corrected chi connectivity index (χ3v) is 7.61. The molecule has 40 heavy (non-hydrogen) atoms. The summed E-state index contributed by atoms with van der Waals surface area (Å²) in [4.78, 5) is 11.8. The van der Waals surface area contributed by atoms with Gasteiger partial charge in [0, 0.05) is 10.6 Å². The van der Waals surface area contributed by atoms with Crippen molar-refractivity contribution in [2.45, 2.75) is 4.90 Å². The molecule has 1 N–H and O–H groups in total. The number of halogens is 1. The number of carboxylic acid groups (broad SMARTS) is 1. The van der Waals surface area contributed by atoms with E-state index in [2.05, 4.69) is 103 Å². The minimum Gasteiger partial charge on any atom is -0.480 e. The molecule has 0 spiro atoms. The topological polar surface area (TPSA) is 46.5 Å². The molecule has 0 unspecified atom stereocenters. The molecular weight excluding hydrogens is 536 g/mol. The summed E-state index contributed by atoms with van der Waals surface area (Å²) in [5.74, 6) is 0.0458. The van der Waals surface area contributed by atoms with E-state index in [1.165, 1.54) is 22.3 Å². The van der Waals surface area contributed by atoms with Crippen LogP contribution in [0.2, 0.25) is 5.02 Å². The lowest BCUT2D eigenvalue weighted by Crippen LogP contribution is -2.09. The molecule has 0 amide bonds. The smallest absolute Gasteiger partial charge is 0.341 e. The number of hydrogen-bond donors (Lipinski definition) is 1. The van der Waals surface area contributed by atoms with Gasteiger partial charge in [-0.25, -0.2) is 4.79 Å². The van der Waals surface area contributed by atoms with Gasteiger partial charge in [0.2, 0.25) is 0 Å². The van der Waals surface area contributed by atoms with Crippen LogP contribution in [-0.2, 0) is 4.79 Å². The molecule has 0 bridgehead atoms. The Morgan fingerprint density at radius 3 is 1.68 bits per heavy atom. The van der Waals surface area contributed by atoms with Crippen molar-refractivity contribution < 1.29 is 14.6 Å². The van der Waals surface area contributed by atoms with Crippen LogP contribution in [0.15, 0.2) is 138 Å². The van der Waals surface area contributed by atoms with Crippen molar-refractivity contribution in [3.05, 3.63) is 150 Å². The van der Waals surface area contributed by atoms with Gasteiger partial charge in [0.15, 0.2) is 6.61 Å². The maximum atomic E-state index is 10.8. The second kappa shape index (κ2) is 13.2. The Hall–Kier alpha value is -4.25. The standard InChI is InChI=1S/C35H27ClO3S/c36-33-23-31(19-20-34(33)39-24-35(37)38)40-22-21-32(29-15-11-27(12-16-29)25-7-3-1-4-8-25)30-17-13-28(14-18-30)26-9-5-2-6-10-26/h1-21,23H,22,24H2,(H,37,38). The van der Waals surface area contributed by atoms with Gasteiger partial charge in [0.05, 0.1) is 5.02 Å². The van der Waals surface area contributed by atoms with Gasteiger partial charge in [-0.15, -0.1) is 11.8 Å². The molecule has 0 aliphatic rings. The first-order valence-electron chi connectivity index (χ1n) is 12.9. The van der Waals surface area contributed by atoms with Crippen molar-refractivity contribution in [1.82, 2.24) is 0 Å². The van der Waals surface area contributed by atoms with E-state index in [4.69, 9.17) is 21.4 Å². The molecule has 0 saturated carbocycles. The van der Waals surface area contributed by atoms with Crippen molar-refractivity contribution >= 4 is 34.9 Å². The van der Waals surface area contributed by atoms with Gasteiger partial charge in [-0.1, -0.05) is 127 Å². The molecule has 5 aromatic rings. The summed E-state index contributed by atoms with van der Waals surface area (Å²) in [6, 6.07) is 43.5. The predicted octanol–water partition coefficient (Wildman–Crippen LogP) is 9.36. The monoisotopic (exact) mass is 562 g/mol. The molecule has 0 aromatic heterocycles. The van der Waals surface area contributed by atoms with Gasteiger partial charge >= 0.3 is 5.97 Å². The molecule has 0 saturated heterocycles. The average molecular weight is 563 g/mol. The maximum Gasteiger partial charge on any atom is 0.341 e. The second-order valence-electron chi connectivity index (χ2n) is 9.09. The Kier molecular flexibility index (Phi) is 9.02. The van der Waals surface area contributed by atoms with Gasteiger partial charge < -0.3 is 9.84 Å². The quantitative estimate of drug-likeness (QED) is 0.172. The fourth-order valence-corrected chi connectivity index (χ4v) is 5.50. The molecule has 0 aliphatic carbocycles. The molecule has 0 atom stereocenters. The van der Waals surface area contributed by atoms with Gasteiger partial charge in [0.1, 0.15) is 5.75 Å². The highest BCUT2D eigenvalue weighted by atomic mass is 35.5. The molecule has 0 fully saturated rings. The summed E-state index contributed by atoms with van der Waals surface area (Å²) in [7, 11) is 0. The largest absolute Gasteiger partial charge is 0.480 e. The highest BCUT2D eigenvalue weighted by Gasteiger charge is 2.09. The van der Waals surface area contributed by atoms with Crippen LogP contribution in [0.3, 0.4) is 0 Å². The van der Waals surface area contributed by atoms with Crippen LogP contribution in [0.25, 0.3) is 27.8 Å². The highest BCUT2D eigenvalue weighted by Crippen LogP contribution is 2.33. The Labute approximate surface area is 243 Å². The molecule has 0 heterocycles. The number of ether oxygens (including phenoxy) is 1.